The Morgan fingerprint density at radius 2 is 0.980 bits per heavy atom. The van der Waals surface area contributed by atoms with Crippen molar-refractivity contribution in [1.82, 2.24) is 4.98 Å². The zero-order valence-corrected chi connectivity index (χ0v) is 28.5. The molecule has 0 saturated carbocycles. The first-order chi connectivity index (χ1) is 24.4. The predicted molar refractivity (Wildman–Crippen MR) is 213 cm³/mol. The van der Waals surface area contributed by atoms with Crippen LogP contribution < -0.4 is 0 Å². The Morgan fingerprint density at radius 3 is 1.84 bits per heavy atom. The van der Waals surface area contributed by atoms with E-state index in [1.807, 2.05) is 0 Å². The molecule has 236 valence electrons. The third kappa shape index (κ3) is 4.30. The molecule has 8 aromatic carbocycles. The Morgan fingerprint density at radius 1 is 0.400 bits per heavy atom. The molecular formula is C49H35N. The number of hydrogen-bond acceptors (Lipinski definition) is 1. The molecule has 0 atom stereocenters. The summed E-state index contributed by atoms with van der Waals surface area (Å²) in [6.45, 7) is 6.79. The molecule has 1 nitrogen and oxygen atoms in total. The summed E-state index contributed by atoms with van der Waals surface area (Å²) < 4.78 is 0. The summed E-state index contributed by atoms with van der Waals surface area (Å²) in [5, 5.41) is 8.71. The molecule has 10 rings (SSSR count). The van der Waals surface area contributed by atoms with Crippen molar-refractivity contribution in [3.05, 3.63) is 175 Å². The summed E-state index contributed by atoms with van der Waals surface area (Å²) in [7, 11) is 0. The van der Waals surface area contributed by atoms with Crippen LogP contribution in [0.25, 0.3) is 87.7 Å². The normalized spacial score (nSPS) is 13.3. The molecule has 1 heterocycles. The summed E-state index contributed by atoms with van der Waals surface area (Å²) in [6.07, 6.45) is 0. The third-order valence-electron chi connectivity index (χ3n) is 11.1. The zero-order chi connectivity index (χ0) is 33.6. The molecule has 1 heteroatoms. The van der Waals surface area contributed by atoms with Gasteiger partial charge in [-0.05, 0) is 131 Å². The van der Waals surface area contributed by atoms with Crippen LogP contribution in [0.2, 0.25) is 0 Å². The van der Waals surface area contributed by atoms with Crippen LogP contribution in [-0.2, 0) is 5.41 Å². The maximum atomic E-state index is 4.81. The van der Waals surface area contributed by atoms with E-state index < -0.39 is 0 Å². The number of aryl methyl sites for hydroxylation is 1. The molecule has 0 bridgehead atoms. The maximum absolute atomic E-state index is 4.81. The van der Waals surface area contributed by atoms with Crippen LogP contribution in [0.15, 0.2) is 158 Å². The summed E-state index contributed by atoms with van der Waals surface area (Å²) in [6, 6.07) is 58.7. The number of fused-ring (bicyclic) bond motifs is 7. The fraction of sp³-hybridized carbons (Fsp3) is 0.0816. The molecule has 0 aliphatic heterocycles. The molecule has 0 amide bonds. The number of pyridine rings is 1. The summed E-state index contributed by atoms with van der Waals surface area (Å²) >= 11 is 0. The Balaban J connectivity index is 1.29. The maximum Gasteiger partial charge on any atom is 0.0705 e. The highest BCUT2D eigenvalue weighted by atomic mass is 14.7. The van der Waals surface area contributed by atoms with Crippen LogP contribution in [0.4, 0.5) is 0 Å². The number of hydrogen-bond donors (Lipinski definition) is 0. The highest BCUT2D eigenvalue weighted by Crippen LogP contribution is 2.51. The molecular weight excluding hydrogens is 603 g/mol. The molecule has 0 saturated heterocycles. The van der Waals surface area contributed by atoms with E-state index in [4.69, 9.17) is 4.98 Å². The molecule has 0 fully saturated rings. The summed E-state index contributed by atoms with van der Waals surface area (Å²) in [5.74, 6) is 0. The van der Waals surface area contributed by atoms with Gasteiger partial charge < -0.3 is 0 Å². The van der Waals surface area contributed by atoms with Gasteiger partial charge in [0, 0.05) is 16.5 Å². The number of nitrogens with zero attached hydrogens (tertiary/aromatic N) is 1. The lowest BCUT2D eigenvalue weighted by Gasteiger charge is -2.23. The highest BCUT2D eigenvalue weighted by Gasteiger charge is 2.35. The van der Waals surface area contributed by atoms with Crippen LogP contribution >= 0.6 is 0 Å². The van der Waals surface area contributed by atoms with Gasteiger partial charge in [0.2, 0.25) is 0 Å². The van der Waals surface area contributed by atoms with Crippen molar-refractivity contribution in [3.63, 3.8) is 0 Å². The van der Waals surface area contributed by atoms with E-state index in [-0.39, 0.29) is 5.41 Å². The zero-order valence-electron chi connectivity index (χ0n) is 28.5. The second-order valence-corrected chi connectivity index (χ2v) is 14.4. The van der Waals surface area contributed by atoms with Crippen molar-refractivity contribution in [2.75, 3.05) is 0 Å². The average Bonchev–Trinajstić information content (AvgIpc) is 3.38. The molecule has 1 aliphatic rings. The van der Waals surface area contributed by atoms with E-state index in [1.165, 1.54) is 88.0 Å². The van der Waals surface area contributed by atoms with Crippen molar-refractivity contribution < 1.29 is 0 Å². The van der Waals surface area contributed by atoms with Gasteiger partial charge in [0.05, 0.1) is 5.52 Å². The molecule has 0 radical (unpaired) electrons. The number of aromatic nitrogens is 1. The van der Waals surface area contributed by atoms with E-state index in [0.29, 0.717) is 0 Å². The SMILES string of the molecule is Cc1ccc2cc(-c3c4ccccc4c(-c4ccc5c(c4)C(C)(C)c4ccccc4-5)c4cc(-c5ccc6ccccc6c5)ccc34)ccc2n1. The smallest absolute Gasteiger partial charge is 0.0705 e. The van der Waals surface area contributed by atoms with Crippen LogP contribution in [0.5, 0.6) is 0 Å². The van der Waals surface area contributed by atoms with Crippen molar-refractivity contribution in [3.8, 4) is 44.5 Å². The molecule has 1 aromatic heterocycles. The number of benzene rings is 8. The van der Waals surface area contributed by atoms with E-state index in [1.54, 1.807) is 0 Å². The van der Waals surface area contributed by atoms with Crippen molar-refractivity contribution in [2.45, 2.75) is 26.2 Å². The molecule has 0 spiro atoms. The van der Waals surface area contributed by atoms with E-state index in [9.17, 15) is 0 Å². The summed E-state index contributed by atoms with van der Waals surface area (Å²) in [5.41, 5.74) is 14.9. The van der Waals surface area contributed by atoms with Gasteiger partial charge in [-0.2, -0.15) is 0 Å². The first-order valence-electron chi connectivity index (χ1n) is 17.5. The predicted octanol–water partition coefficient (Wildman–Crippen LogP) is 13.3. The largest absolute Gasteiger partial charge is 0.253 e. The van der Waals surface area contributed by atoms with Gasteiger partial charge in [-0.3, -0.25) is 4.98 Å². The van der Waals surface area contributed by atoms with Gasteiger partial charge in [0.15, 0.2) is 0 Å². The van der Waals surface area contributed by atoms with Crippen molar-refractivity contribution >= 4 is 43.2 Å². The van der Waals surface area contributed by atoms with Gasteiger partial charge in [-0.25, -0.2) is 0 Å². The standard InChI is InChI=1S/C49H35N/c1-30-16-17-35-27-36(22-25-46(35)50-30)47-40-13-6-7-14-41(40)48(37-21-23-39-38-12-8-9-15-44(38)49(2,3)45(39)29-37)43-28-34(20-24-42(43)47)33-19-18-31-10-4-5-11-32(31)26-33/h4-29H,1-3H3. The fourth-order valence-corrected chi connectivity index (χ4v) is 8.59. The van der Waals surface area contributed by atoms with Gasteiger partial charge >= 0.3 is 0 Å². The van der Waals surface area contributed by atoms with E-state index in [2.05, 4.69) is 178 Å². The van der Waals surface area contributed by atoms with Gasteiger partial charge in [-0.1, -0.05) is 135 Å². The highest BCUT2D eigenvalue weighted by molar-refractivity contribution is 6.22. The lowest BCUT2D eigenvalue weighted by atomic mass is 9.80. The van der Waals surface area contributed by atoms with Crippen LogP contribution in [0.1, 0.15) is 30.7 Å². The monoisotopic (exact) mass is 637 g/mol. The first kappa shape index (κ1) is 28.9. The average molecular weight is 638 g/mol. The lowest BCUT2D eigenvalue weighted by molar-refractivity contribution is 0.660. The minimum Gasteiger partial charge on any atom is -0.253 e. The molecule has 9 aromatic rings. The van der Waals surface area contributed by atoms with Crippen LogP contribution in [-0.4, -0.2) is 4.98 Å². The Bertz CT molecular complexity index is 2850. The van der Waals surface area contributed by atoms with E-state index in [0.717, 1.165) is 16.6 Å². The lowest BCUT2D eigenvalue weighted by Crippen LogP contribution is -2.14. The molecule has 0 unspecified atom stereocenters. The Labute approximate surface area is 292 Å². The first-order valence-corrected chi connectivity index (χ1v) is 17.5. The second kappa shape index (κ2) is 10.7. The molecule has 0 N–H and O–H groups in total. The topological polar surface area (TPSA) is 12.9 Å². The minimum absolute atomic E-state index is 0.0821. The van der Waals surface area contributed by atoms with Gasteiger partial charge in [-0.15, -0.1) is 0 Å². The van der Waals surface area contributed by atoms with Crippen LogP contribution in [0.3, 0.4) is 0 Å². The van der Waals surface area contributed by atoms with Crippen molar-refractivity contribution in [1.29, 1.82) is 0 Å². The number of rotatable bonds is 3. The van der Waals surface area contributed by atoms with Crippen molar-refractivity contribution in [2.24, 2.45) is 0 Å². The minimum atomic E-state index is -0.0821. The summed E-state index contributed by atoms with van der Waals surface area (Å²) in [4.78, 5) is 4.81. The quantitative estimate of drug-likeness (QED) is 0.176. The Hall–Kier alpha value is -6.05. The van der Waals surface area contributed by atoms with Gasteiger partial charge in [0.1, 0.15) is 0 Å². The molecule has 1 aliphatic carbocycles. The van der Waals surface area contributed by atoms with Crippen LogP contribution in [0, 0.1) is 6.92 Å². The second-order valence-electron chi connectivity index (χ2n) is 14.4. The van der Waals surface area contributed by atoms with Gasteiger partial charge in [0.25, 0.3) is 0 Å². The van der Waals surface area contributed by atoms with E-state index >= 15 is 0 Å². The third-order valence-corrected chi connectivity index (χ3v) is 11.1. The fourth-order valence-electron chi connectivity index (χ4n) is 8.59. The Kier molecular flexibility index (Phi) is 6.20. The molecule has 50 heavy (non-hydrogen) atoms.